The molecule has 1 heterocycles. The second-order valence-corrected chi connectivity index (χ2v) is 8.33. The standard InChI is InChI=1S/C16H23NS/c1-10-17-13-8-11(15(2,3)4)12(16(5,6)7)9-14(13)18-10/h8-9H,1-7H3. The highest BCUT2D eigenvalue weighted by Crippen LogP contribution is 2.37. The van der Waals surface area contributed by atoms with Gasteiger partial charge in [-0.2, -0.15) is 0 Å². The van der Waals surface area contributed by atoms with E-state index in [1.165, 1.54) is 15.8 Å². The van der Waals surface area contributed by atoms with Crippen molar-refractivity contribution in [2.75, 3.05) is 0 Å². The molecule has 0 bridgehead atoms. The number of benzene rings is 1. The van der Waals surface area contributed by atoms with Gasteiger partial charge in [0.05, 0.1) is 15.2 Å². The number of aromatic nitrogens is 1. The van der Waals surface area contributed by atoms with Gasteiger partial charge in [0.25, 0.3) is 0 Å². The molecule has 0 fully saturated rings. The van der Waals surface area contributed by atoms with E-state index >= 15 is 0 Å². The van der Waals surface area contributed by atoms with E-state index in [-0.39, 0.29) is 10.8 Å². The summed E-state index contributed by atoms with van der Waals surface area (Å²) in [6.07, 6.45) is 0. The summed E-state index contributed by atoms with van der Waals surface area (Å²) in [5.74, 6) is 0. The molecule has 0 saturated heterocycles. The van der Waals surface area contributed by atoms with Gasteiger partial charge in [-0.05, 0) is 41.0 Å². The molecule has 0 N–H and O–H groups in total. The first-order valence-corrected chi connectivity index (χ1v) is 7.33. The SMILES string of the molecule is Cc1nc2cc(C(C)(C)C)c(C(C)(C)C)cc2s1. The summed E-state index contributed by atoms with van der Waals surface area (Å²) < 4.78 is 1.31. The molecule has 0 aliphatic rings. The summed E-state index contributed by atoms with van der Waals surface area (Å²) in [6, 6.07) is 4.64. The first kappa shape index (κ1) is 13.5. The Morgan fingerprint density at radius 3 is 1.89 bits per heavy atom. The third kappa shape index (κ3) is 2.44. The van der Waals surface area contributed by atoms with Crippen molar-refractivity contribution in [1.29, 1.82) is 0 Å². The fraction of sp³-hybridized carbons (Fsp3) is 0.562. The molecule has 2 aromatic rings. The van der Waals surface area contributed by atoms with Gasteiger partial charge in [-0.1, -0.05) is 41.5 Å². The van der Waals surface area contributed by atoms with Crippen LogP contribution in [-0.4, -0.2) is 4.98 Å². The molecule has 18 heavy (non-hydrogen) atoms. The maximum atomic E-state index is 4.63. The lowest BCUT2D eigenvalue weighted by molar-refractivity contribution is 0.531. The number of aryl methyl sites for hydroxylation is 1. The van der Waals surface area contributed by atoms with Gasteiger partial charge in [0, 0.05) is 0 Å². The summed E-state index contributed by atoms with van der Waals surface area (Å²) in [4.78, 5) is 4.63. The molecule has 0 amide bonds. The number of rotatable bonds is 0. The highest BCUT2D eigenvalue weighted by molar-refractivity contribution is 7.18. The molecule has 0 radical (unpaired) electrons. The molecule has 0 aliphatic heterocycles. The monoisotopic (exact) mass is 261 g/mol. The topological polar surface area (TPSA) is 12.9 Å². The second kappa shape index (κ2) is 4.06. The van der Waals surface area contributed by atoms with Crippen LogP contribution in [0.15, 0.2) is 12.1 Å². The van der Waals surface area contributed by atoms with Gasteiger partial charge in [-0.15, -0.1) is 11.3 Å². The summed E-state index contributed by atoms with van der Waals surface area (Å²) in [6.45, 7) is 15.8. The van der Waals surface area contributed by atoms with E-state index in [1.54, 1.807) is 11.3 Å². The summed E-state index contributed by atoms with van der Waals surface area (Å²) in [5.41, 5.74) is 4.36. The molecule has 1 aromatic carbocycles. The number of thiazole rings is 1. The molecular weight excluding hydrogens is 238 g/mol. The fourth-order valence-corrected chi connectivity index (χ4v) is 3.18. The van der Waals surface area contributed by atoms with Crippen LogP contribution in [-0.2, 0) is 10.8 Å². The Morgan fingerprint density at radius 1 is 0.889 bits per heavy atom. The summed E-state index contributed by atoms with van der Waals surface area (Å²) >= 11 is 1.79. The van der Waals surface area contributed by atoms with Gasteiger partial charge < -0.3 is 0 Å². The summed E-state index contributed by atoms with van der Waals surface area (Å²) in [7, 11) is 0. The van der Waals surface area contributed by atoms with Crippen LogP contribution in [0, 0.1) is 6.92 Å². The van der Waals surface area contributed by atoms with Crippen LogP contribution in [0.1, 0.15) is 57.7 Å². The number of hydrogen-bond donors (Lipinski definition) is 0. The maximum absolute atomic E-state index is 4.63. The van der Waals surface area contributed by atoms with Crippen molar-refractivity contribution in [3.05, 3.63) is 28.3 Å². The molecule has 0 spiro atoms. The lowest BCUT2D eigenvalue weighted by Gasteiger charge is -2.30. The molecule has 2 heteroatoms. The average Bonchev–Trinajstić information content (AvgIpc) is 2.52. The average molecular weight is 261 g/mol. The van der Waals surface area contributed by atoms with Crippen molar-refractivity contribution in [3.63, 3.8) is 0 Å². The molecule has 0 atom stereocenters. The van der Waals surface area contributed by atoms with Crippen LogP contribution >= 0.6 is 11.3 Å². The minimum Gasteiger partial charge on any atom is -0.242 e. The lowest BCUT2D eigenvalue weighted by atomic mass is 9.75. The molecule has 0 aliphatic carbocycles. The van der Waals surface area contributed by atoms with Crippen molar-refractivity contribution >= 4 is 21.6 Å². The van der Waals surface area contributed by atoms with Crippen molar-refractivity contribution in [2.24, 2.45) is 0 Å². The minimum atomic E-state index is 0.161. The Kier molecular flexibility index (Phi) is 3.05. The highest BCUT2D eigenvalue weighted by Gasteiger charge is 2.26. The van der Waals surface area contributed by atoms with E-state index in [4.69, 9.17) is 0 Å². The van der Waals surface area contributed by atoms with Crippen molar-refractivity contribution < 1.29 is 0 Å². The molecule has 0 saturated carbocycles. The lowest BCUT2D eigenvalue weighted by Crippen LogP contribution is -2.21. The van der Waals surface area contributed by atoms with E-state index < -0.39 is 0 Å². The van der Waals surface area contributed by atoms with E-state index in [1.807, 2.05) is 0 Å². The molecule has 0 unspecified atom stereocenters. The van der Waals surface area contributed by atoms with Gasteiger partial charge in [0.15, 0.2) is 0 Å². The Morgan fingerprint density at radius 2 is 1.39 bits per heavy atom. The Labute approximate surface area is 114 Å². The third-order valence-corrected chi connectivity index (χ3v) is 4.18. The van der Waals surface area contributed by atoms with E-state index in [9.17, 15) is 0 Å². The summed E-state index contributed by atoms with van der Waals surface area (Å²) in [5, 5.41) is 1.15. The smallest absolute Gasteiger partial charge is 0.0907 e. The number of fused-ring (bicyclic) bond motifs is 1. The Hall–Kier alpha value is -0.890. The molecular formula is C16H23NS. The zero-order valence-corrected chi connectivity index (χ0v) is 13.3. The van der Waals surface area contributed by atoms with Gasteiger partial charge in [-0.25, -0.2) is 4.98 Å². The molecule has 1 aromatic heterocycles. The molecule has 98 valence electrons. The number of nitrogens with zero attached hydrogens (tertiary/aromatic N) is 1. The van der Waals surface area contributed by atoms with Crippen LogP contribution in [0.5, 0.6) is 0 Å². The van der Waals surface area contributed by atoms with Gasteiger partial charge in [0.1, 0.15) is 0 Å². The second-order valence-electron chi connectivity index (χ2n) is 7.10. The van der Waals surface area contributed by atoms with E-state index in [0.29, 0.717) is 0 Å². The van der Waals surface area contributed by atoms with Crippen molar-refractivity contribution in [3.8, 4) is 0 Å². The minimum absolute atomic E-state index is 0.161. The fourth-order valence-electron chi connectivity index (χ4n) is 2.33. The number of hydrogen-bond acceptors (Lipinski definition) is 2. The zero-order chi connectivity index (χ0) is 13.7. The van der Waals surface area contributed by atoms with Crippen LogP contribution in [0.3, 0.4) is 0 Å². The van der Waals surface area contributed by atoms with E-state index in [0.717, 1.165) is 10.5 Å². The molecule has 2 rings (SSSR count). The predicted molar refractivity (Wildman–Crippen MR) is 81.8 cm³/mol. The van der Waals surface area contributed by atoms with Crippen LogP contribution in [0.25, 0.3) is 10.2 Å². The first-order valence-electron chi connectivity index (χ1n) is 6.51. The zero-order valence-electron chi connectivity index (χ0n) is 12.5. The first-order chi connectivity index (χ1) is 8.09. The Balaban J connectivity index is 2.80. The highest BCUT2D eigenvalue weighted by atomic mass is 32.1. The van der Waals surface area contributed by atoms with Crippen LogP contribution in [0.4, 0.5) is 0 Å². The normalized spacial score (nSPS) is 13.3. The van der Waals surface area contributed by atoms with E-state index in [2.05, 4.69) is 65.6 Å². The van der Waals surface area contributed by atoms with Crippen LogP contribution < -0.4 is 0 Å². The predicted octanol–water partition coefficient (Wildman–Crippen LogP) is 5.20. The largest absolute Gasteiger partial charge is 0.242 e. The van der Waals surface area contributed by atoms with Crippen LogP contribution in [0.2, 0.25) is 0 Å². The molecule has 1 nitrogen and oxygen atoms in total. The Bertz CT molecular complexity index is 528. The van der Waals surface area contributed by atoms with Crippen molar-refractivity contribution in [2.45, 2.75) is 59.3 Å². The van der Waals surface area contributed by atoms with Gasteiger partial charge in [0.2, 0.25) is 0 Å². The maximum Gasteiger partial charge on any atom is 0.0907 e. The van der Waals surface area contributed by atoms with Crippen molar-refractivity contribution in [1.82, 2.24) is 4.98 Å². The quantitative estimate of drug-likeness (QED) is 0.635. The third-order valence-electron chi connectivity index (χ3n) is 3.25. The van der Waals surface area contributed by atoms with Gasteiger partial charge in [-0.3, -0.25) is 0 Å². The van der Waals surface area contributed by atoms with Gasteiger partial charge >= 0.3 is 0 Å².